The highest BCUT2D eigenvalue weighted by Crippen LogP contribution is 2.36. The zero-order valence-corrected chi connectivity index (χ0v) is 12.1. The third-order valence-corrected chi connectivity index (χ3v) is 3.63. The summed E-state index contributed by atoms with van der Waals surface area (Å²) in [7, 11) is 0. The van der Waals surface area contributed by atoms with Gasteiger partial charge < -0.3 is 4.74 Å². The van der Waals surface area contributed by atoms with Crippen molar-refractivity contribution in [2.75, 3.05) is 0 Å². The maximum Gasteiger partial charge on any atom is 0.147 e. The van der Waals surface area contributed by atoms with Crippen molar-refractivity contribution in [3.8, 4) is 11.5 Å². The van der Waals surface area contributed by atoms with E-state index in [1.54, 1.807) is 36.4 Å². The van der Waals surface area contributed by atoms with Crippen molar-refractivity contribution in [2.24, 2.45) is 0 Å². The molecule has 2 rings (SSSR count). The minimum absolute atomic E-state index is 0.300. The fourth-order valence-corrected chi connectivity index (χ4v) is 2.17. The molecule has 0 atom stereocenters. The standard InChI is InChI=1S/C13H8Cl4O/c14-7-8-6-9(15)4-5-11(8)18-12-3-1-2-10(16)13(12)17/h1-6H,7H2. The zero-order valence-electron chi connectivity index (χ0n) is 9.09. The molecule has 0 aromatic heterocycles. The molecule has 94 valence electrons. The average Bonchev–Trinajstić information content (AvgIpc) is 2.37. The van der Waals surface area contributed by atoms with Gasteiger partial charge in [-0.05, 0) is 30.3 Å². The normalized spacial score (nSPS) is 10.4. The van der Waals surface area contributed by atoms with Gasteiger partial charge in [-0.15, -0.1) is 11.6 Å². The monoisotopic (exact) mass is 320 g/mol. The van der Waals surface area contributed by atoms with Gasteiger partial charge in [-0.25, -0.2) is 0 Å². The van der Waals surface area contributed by atoms with Crippen molar-refractivity contribution in [2.45, 2.75) is 5.88 Å². The summed E-state index contributed by atoms with van der Waals surface area (Å²) >= 11 is 23.7. The van der Waals surface area contributed by atoms with Gasteiger partial charge in [0, 0.05) is 10.6 Å². The fraction of sp³-hybridized carbons (Fsp3) is 0.0769. The van der Waals surface area contributed by atoms with Crippen LogP contribution in [-0.4, -0.2) is 0 Å². The van der Waals surface area contributed by atoms with Crippen LogP contribution in [0.2, 0.25) is 15.1 Å². The zero-order chi connectivity index (χ0) is 13.1. The van der Waals surface area contributed by atoms with Crippen molar-refractivity contribution < 1.29 is 4.74 Å². The second-order valence-corrected chi connectivity index (χ2v) is 5.03. The summed E-state index contributed by atoms with van der Waals surface area (Å²) in [5.74, 6) is 1.39. The van der Waals surface area contributed by atoms with Crippen molar-refractivity contribution in [1.29, 1.82) is 0 Å². The van der Waals surface area contributed by atoms with Gasteiger partial charge in [0.25, 0.3) is 0 Å². The summed E-state index contributed by atoms with van der Waals surface area (Å²) in [4.78, 5) is 0. The maximum atomic E-state index is 6.05. The molecule has 0 unspecified atom stereocenters. The highest BCUT2D eigenvalue weighted by molar-refractivity contribution is 6.42. The van der Waals surface area contributed by atoms with Crippen LogP contribution in [0.5, 0.6) is 11.5 Å². The minimum atomic E-state index is 0.300. The number of benzene rings is 2. The van der Waals surface area contributed by atoms with Crippen LogP contribution in [0.15, 0.2) is 36.4 Å². The smallest absolute Gasteiger partial charge is 0.147 e. The van der Waals surface area contributed by atoms with Crippen molar-refractivity contribution in [3.05, 3.63) is 57.0 Å². The molecule has 0 radical (unpaired) electrons. The molecule has 0 aliphatic rings. The third-order valence-electron chi connectivity index (χ3n) is 2.30. The van der Waals surface area contributed by atoms with Crippen LogP contribution in [0.1, 0.15) is 5.56 Å². The summed E-state index contributed by atoms with van der Waals surface area (Å²) < 4.78 is 5.71. The molecule has 2 aromatic rings. The fourth-order valence-electron chi connectivity index (χ4n) is 1.43. The quantitative estimate of drug-likeness (QED) is 0.613. The van der Waals surface area contributed by atoms with Crippen molar-refractivity contribution in [1.82, 2.24) is 0 Å². The molecule has 2 aromatic carbocycles. The Labute approximate surface area is 125 Å². The van der Waals surface area contributed by atoms with Crippen molar-refractivity contribution >= 4 is 46.4 Å². The molecule has 0 aliphatic carbocycles. The molecule has 0 saturated heterocycles. The second-order valence-electron chi connectivity index (χ2n) is 3.54. The van der Waals surface area contributed by atoms with Crippen LogP contribution in [0.25, 0.3) is 0 Å². The van der Waals surface area contributed by atoms with Gasteiger partial charge in [0.2, 0.25) is 0 Å². The lowest BCUT2D eigenvalue weighted by Crippen LogP contribution is -1.90. The van der Waals surface area contributed by atoms with Crippen LogP contribution >= 0.6 is 46.4 Å². The molecular weight excluding hydrogens is 314 g/mol. The van der Waals surface area contributed by atoms with E-state index in [1.165, 1.54) is 0 Å². The van der Waals surface area contributed by atoms with E-state index in [1.807, 2.05) is 0 Å². The summed E-state index contributed by atoms with van der Waals surface area (Å²) in [6.07, 6.45) is 0. The second kappa shape index (κ2) is 6.03. The lowest BCUT2D eigenvalue weighted by atomic mass is 10.2. The first-order valence-electron chi connectivity index (χ1n) is 5.08. The summed E-state index contributed by atoms with van der Waals surface area (Å²) in [6.45, 7) is 0. The summed E-state index contributed by atoms with van der Waals surface area (Å²) in [5, 5.41) is 1.42. The Bertz CT molecular complexity index is 569. The SMILES string of the molecule is ClCc1cc(Cl)ccc1Oc1cccc(Cl)c1Cl. The van der Waals surface area contributed by atoms with Crippen LogP contribution in [0.3, 0.4) is 0 Å². The lowest BCUT2D eigenvalue weighted by Gasteiger charge is -2.11. The molecule has 5 heteroatoms. The maximum absolute atomic E-state index is 6.05. The first kappa shape index (κ1) is 13.8. The van der Waals surface area contributed by atoms with Gasteiger partial charge in [-0.3, -0.25) is 0 Å². The summed E-state index contributed by atoms with van der Waals surface area (Å²) in [6, 6.07) is 10.4. The predicted molar refractivity (Wildman–Crippen MR) is 77.5 cm³/mol. The lowest BCUT2D eigenvalue weighted by molar-refractivity contribution is 0.478. The molecule has 0 fully saturated rings. The van der Waals surface area contributed by atoms with Gasteiger partial charge in [-0.2, -0.15) is 0 Å². The number of alkyl halides is 1. The largest absolute Gasteiger partial charge is 0.455 e. The number of rotatable bonds is 3. The van der Waals surface area contributed by atoms with Gasteiger partial charge in [0.15, 0.2) is 0 Å². The Morgan fingerprint density at radius 1 is 0.944 bits per heavy atom. The molecule has 0 spiro atoms. The molecule has 0 heterocycles. The topological polar surface area (TPSA) is 9.23 Å². The number of hydrogen-bond acceptors (Lipinski definition) is 1. The van der Waals surface area contributed by atoms with E-state index in [0.29, 0.717) is 32.4 Å². The molecule has 1 nitrogen and oxygen atoms in total. The van der Waals surface area contributed by atoms with Crippen molar-refractivity contribution in [3.63, 3.8) is 0 Å². The average molecular weight is 322 g/mol. The van der Waals surface area contributed by atoms with Crippen LogP contribution < -0.4 is 4.74 Å². The molecule has 0 amide bonds. The van der Waals surface area contributed by atoms with Crippen LogP contribution in [0, 0.1) is 0 Å². The number of ether oxygens (including phenoxy) is 1. The van der Waals surface area contributed by atoms with Gasteiger partial charge in [0.1, 0.15) is 16.5 Å². The Hall–Kier alpha value is -0.600. The third kappa shape index (κ3) is 3.04. The highest BCUT2D eigenvalue weighted by atomic mass is 35.5. The number of hydrogen-bond donors (Lipinski definition) is 0. The van der Waals surface area contributed by atoms with E-state index in [0.717, 1.165) is 5.56 Å². The van der Waals surface area contributed by atoms with E-state index >= 15 is 0 Å². The Kier molecular flexibility index (Phi) is 4.63. The molecule has 0 bridgehead atoms. The van der Waals surface area contributed by atoms with E-state index in [-0.39, 0.29) is 0 Å². The highest BCUT2D eigenvalue weighted by Gasteiger charge is 2.09. The first-order chi connectivity index (χ1) is 8.61. The first-order valence-corrected chi connectivity index (χ1v) is 6.75. The minimum Gasteiger partial charge on any atom is -0.455 e. The van der Waals surface area contributed by atoms with E-state index in [4.69, 9.17) is 51.1 Å². The van der Waals surface area contributed by atoms with Crippen LogP contribution in [-0.2, 0) is 5.88 Å². The molecular formula is C13H8Cl4O. The Balaban J connectivity index is 2.37. The molecule has 0 N–H and O–H groups in total. The summed E-state index contributed by atoms with van der Waals surface area (Å²) in [5.41, 5.74) is 0.792. The van der Waals surface area contributed by atoms with Gasteiger partial charge in [0.05, 0.1) is 10.9 Å². The predicted octanol–water partition coefficient (Wildman–Crippen LogP) is 6.18. The Morgan fingerprint density at radius 3 is 2.44 bits per heavy atom. The van der Waals surface area contributed by atoms with Crippen LogP contribution in [0.4, 0.5) is 0 Å². The van der Waals surface area contributed by atoms with E-state index in [2.05, 4.69) is 0 Å². The molecule has 0 aliphatic heterocycles. The molecule has 0 saturated carbocycles. The van der Waals surface area contributed by atoms with E-state index < -0.39 is 0 Å². The molecule has 18 heavy (non-hydrogen) atoms. The Morgan fingerprint density at radius 2 is 1.72 bits per heavy atom. The van der Waals surface area contributed by atoms with Gasteiger partial charge >= 0.3 is 0 Å². The van der Waals surface area contributed by atoms with Gasteiger partial charge in [-0.1, -0.05) is 40.9 Å². The number of halogens is 4. The van der Waals surface area contributed by atoms with E-state index in [9.17, 15) is 0 Å².